The van der Waals surface area contributed by atoms with Crippen LogP contribution >= 0.6 is 0 Å². The molecule has 1 saturated heterocycles. The van der Waals surface area contributed by atoms with E-state index in [1.807, 2.05) is 18.2 Å². The van der Waals surface area contributed by atoms with Crippen molar-refractivity contribution in [3.05, 3.63) is 24.3 Å². The highest BCUT2D eigenvalue weighted by atomic mass is 32.2. The van der Waals surface area contributed by atoms with E-state index in [0.29, 0.717) is 12.2 Å². The van der Waals surface area contributed by atoms with Crippen molar-refractivity contribution in [2.45, 2.75) is 26.2 Å². The van der Waals surface area contributed by atoms with Crippen LogP contribution in [0.3, 0.4) is 0 Å². The van der Waals surface area contributed by atoms with E-state index in [-0.39, 0.29) is 0 Å². The predicted octanol–water partition coefficient (Wildman–Crippen LogP) is 1.94. The Bertz CT molecular complexity index is 510. The molecule has 0 saturated carbocycles. The molecule has 6 heteroatoms. The Hall–Kier alpha value is -1.27. The first-order valence-corrected chi connectivity index (χ1v) is 8.21. The number of benzene rings is 1. The smallest absolute Gasteiger partial charge is 0.299 e. The van der Waals surface area contributed by atoms with Crippen molar-refractivity contribution in [1.29, 1.82) is 0 Å². The largest absolute Gasteiger partial charge is 0.371 e. The molecule has 1 heterocycles. The number of nitrogens with zero attached hydrogens (tertiary/aromatic N) is 1. The second kappa shape index (κ2) is 6.25. The van der Waals surface area contributed by atoms with Crippen molar-refractivity contribution in [3.63, 3.8) is 0 Å². The molecule has 1 aliphatic heterocycles. The summed E-state index contributed by atoms with van der Waals surface area (Å²) in [6.45, 7) is 4.22. The van der Waals surface area contributed by atoms with Crippen molar-refractivity contribution < 1.29 is 8.42 Å². The van der Waals surface area contributed by atoms with E-state index in [1.54, 1.807) is 13.0 Å². The van der Waals surface area contributed by atoms with Crippen LogP contribution in [0, 0.1) is 0 Å². The summed E-state index contributed by atoms with van der Waals surface area (Å²) in [5.41, 5.74) is 1.68. The van der Waals surface area contributed by atoms with Crippen molar-refractivity contribution in [2.24, 2.45) is 0 Å². The fourth-order valence-corrected chi connectivity index (χ4v) is 3.19. The fourth-order valence-electron chi connectivity index (χ4n) is 2.30. The van der Waals surface area contributed by atoms with Gasteiger partial charge in [0.25, 0.3) is 10.2 Å². The van der Waals surface area contributed by atoms with Gasteiger partial charge in [-0.25, -0.2) is 0 Å². The molecule has 0 radical (unpaired) electrons. The van der Waals surface area contributed by atoms with Gasteiger partial charge < -0.3 is 4.90 Å². The maximum Gasteiger partial charge on any atom is 0.299 e. The second-order valence-electron chi connectivity index (χ2n) is 4.70. The average Bonchev–Trinajstić information content (AvgIpc) is 2.39. The molecule has 5 nitrogen and oxygen atoms in total. The average molecular weight is 283 g/mol. The Morgan fingerprint density at radius 1 is 1.21 bits per heavy atom. The van der Waals surface area contributed by atoms with Crippen LogP contribution in [0.4, 0.5) is 11.4 Å². The summed E-state index contributed by atoms with van der Waals surface area (Å²) < 4.78 is 28.3. The molecule has 0 amide bonds. The molecule has 1 aromatic carbocycles. The zero-order valence-corrected chi connectivity index (χ0v) is 12.0. The monoisotopic (exact) mass is 283 g/mol. The summed E-state index contributed by atoms with van der Waals surface area (Å²) in [4.78, 5) is 2.30. The minimum Gasteiger partial charge on any atom is -0.371 e. The molecule has 1 fully saturated rings. The third-order valence-corrected chi connectivity index (χ3v) is 4.33. The molecule has 2 rings (SSSR count). The highest BCUT2D eigenvalue weighted by molar-refractivity contribution is 7.90. The SMILES string of the molecule is CCNS(=O)(=O)Nc1cccc(N2CCCCC2)c1. The van der Waals surface area contributed by atoms with Gasteiger partial charge in [0.15, 0.2) is 0 Å². The summed E-state index contributed by atoms with van der Waals surface area (Å²) >= 11 is 0. The lowest BCUT2D eigenvalue weighted by Crippen LogP contribution is -2.31. The van der Waals surface area contributed by atoms with E-state index in [2.05, 4.69) is 14.3 Å². The van der Waals surface area contributed by atoms with Crippen LogP contribution in [0.25, 0.3) is 0 Å². The van der Waals surface area contributed by atoms with Gasteiger partial charge >= 0.3 is 0 Å². The predicted molar refractivity (Wildman–Crippen MR) is 78.7 cm³/mol. The molecule has 0 atom stereocenters. The van der Waals surface area contributed by atoms with Gasteiger partial charge in [0, 0.05) is 25.3 Å². The van der Waals surface area contributed by atoms with E-state index in [9.17, 15) is 8.42 Å². The molecule has 0 unspecified atom stereocenters. The normalized spacial score (nSPS) is 16.4. The Balaban J connectivity index is 2.10. The zero-order chi connectivity index (χ0) is 13.7. The summed E-state index contributed by atoms with van der Waals surface area (Å²) in [5.74, 6) is 0. The standard InChI is InChI=1S/C13H21N3O2S/c1-2-14-19(17,18)15-12-7-6-8-13(11-12)16-9-4-3-5-10-16/h6-8,11,14-15H,2-5,9-10H2,1H3. The first-order valence-electron chi connectivity index (χ1n) is 6.73. The first kappa shape index (κ1) is 14.1. The molecule has 1 aliphatic rings. The third-order valence-electron chi connectivity index (χ3n) is 3.15. The molecule has 0 aromatic heterocycles. The quantitative estimate of drug-likeness (QED) is 0.868. The fraction of sp³-hybridized carbons (Fsp3) is 0.538. The summed E-state index contributed by atoms with van der Waals surface area (Å²) in [5, 5.41) is 0. The maximum atomic E-state index is 11.7. The minimum atomic E-state index is -3.45. The van der Waals surface area contributed by atoms with Crippen LogP contribution in [-0.2, 0) is 10.2 Å². The number of hydrogen-bond donors (Lipinski definition) is 2. The van der Waals surface area contributed by atoms with Crippen LogP contribution in [0.1, 0.15) is 26.2 Å². The van der Waals surface area contributed by atoms with E-state index < -0.39 is 10.2 Å². The van der Waals surface area contributed by atoms with Gasteiger partial charge in [0.05, 0.1) is 5.69 Å². The van der Waals surface area contributed by atoms with Gasteiger partial charge in [-0.3, -0.25) is 4.72 Å². The van der Waals surface area contributed by atoms with Crippen molar-refractivity contribution in [2.75, 3.05) is 29.3 Å². The highest BCUT2D eigenvalue weighted by Crippen LogP contribution is 2.23. The molecule has 1 aromatic rings. The molecule has 0 aliphatic carbocycles. The molecule has 2 N–H and O–H groups in total. The second-order valence-corrected chi connectivity index (χ2v) is 6.20. The number of piperidine rings is 1. The number of anilines is 2. The minimum absolute atomic E-state index is 0.376. The lowest BCUT2D eigenvalue weighted by molar-refractivity contribution is 0.578. The van der Waals surface area contributed by atoms with Crippen molar-refractivity contribution >= 4 is 21.6 Å². The van der Waals surface area contributed by atoms with Crippen molar-refractivity contribution in [3.8, 4) is 0 Å². The Morgan fingerprint density at radius 3 is 2.63 bits per heavy atom. The van der Waals surface area contributed by atoms with Crippen LogP contribution in [0.5, 0.6) is 0 Å². The lowest BCUT2D eigenvalue weighted by atomic mass is 10.1. The van der Waals surface area contributed by atoms with Gasteiger partial charge in [0.2, 0.25) is 0 Å². The Morgan fingerprint density at radius 2 is 1.95 bits per heavy atom. The zero-order valence-electron chi connectivity index (χ0n) is 11.2. The number of rotatable bonds is 5. The van der Waals surface area contributed by atoms with Crippen LogP contribution in [-0.4, -0.2) is 28.1 Å². The van der Waals surface area contributed by atoms with Gasteiger partial charge in [-0.15, -0.1) is 0 Å². The summed E-state index contributed by atoms with van der Waals surface area (Å²) in [7, 11) is -3.45. The van der Waals surface area contributed by atoms with Crippen molar-refractivity contribution in [1.82, 2.24) is 4.72 Å². The molecule has 19 heavy (non-hydrogen) atoms. The van der Waals surface area contributed by atoms with Crippen LogP contribution in [0.2, 0.25) is 0 Å². The summed E-state index contributed by atoms with van der Waals surface area (Å²) in [6, 6.07) is 7.56. The molecule has 0 spiro atoms. The topological polar surface area (TPSA) is 61.4 Å². The van der Waals surface area contributed by atoms with Crippen LogP contribution in [0.15, 0.2) is 24.3 Å². The van der Waals surface area contributed by atoms with Gasteiger partial charge in [0.1, 0.15) is 0 Å². The highest BCUT2D eigenvalue weighted by Gasteiger charge is 2.12. The van der Waals surface area contributed by atoms with E-state index >= 15 is 0 Å². The maximum absolute atomic E-state index is 11.7. The Labute approximate surface area is 115 Å². The van der Waals surface area contributed by atoms with E-state index in [0.717, 1.165) is 18.8 Å². The number of nitrogens with one attached hydrogen (secondary N) is 2. The molecular weight excluding hydrogens is 262 g/mol. The van der Waals surface area contributed by atoms with Gasteiger partial charge in [-0.05, 0) is 37.5 Å². The lowest BCUT2D eigenvalue weighted by Gasteiger charge is -2.29. The van der Waals surface area contributed by atoms with Crippen LogP contribution < -0.4 is 14.3 Å². The Kier molecular flexibility index (Phi) is 4.66. The van der Waals surface area contributed by atoms with Gasteiger partial charge in [-0.2, -0.15) is 13.1 Å². The van der Waals surface area contributed by atoms with Gasteiger partial charge in [-0.1, -0.05) is 13.0 Å². The first-order chi connectivity index (χ1) is 9.11. The third kappa shape index (κ3) is 4.11. The van der Waals surface area contributed by atoms with E-state index in [1.165, 1.54) is 19.3 Å². The summed E-state index contributed by atoms with van der Waals surface area (Å²) in [6.07, 6.45) is 3.68. The molecule has 0 bridgehead atoms. The number of hydrogen-bond acceptors (Lipinski definition) is 3. The molecular formula is C13H21N3O2S. The van der Waals surface area contributed by atoms with E-state index in [4.69, 9.17) is 0 Å². The molecule has 106 valence electrons.